The van der Waals surface area contributed by atoms with Crippen molar-refractivity contribution in [3.05, 3.63) is 22.5 Å². The molecule has 0 amide bonds. The van der Waals surface area contributed by atoms with Gasteiger partial charge in [0.2, 0.25) is 0 Å². The van der Waals surface area contributed by atoms with E-state index in [4.69, 9.17) is 9.47 Å². The zero-order valence-electron chi connectivity index (χ0n) is 14.2. The molecular formula is C17H23NO5. The number of aromatic nitrogens is 1. The van der Waals surface area contributed by atoms with Gasteiger partial charge in [-0.05, 0) is 38.2 Å². The maximum atomic E-state index is 12.7. The molecule has 1 aliphatic carbocycles. The lowest BCUT2D eigenvalue weighted by molar-refractivity contribution is -0.145. The molecule has 0 bridgehead atoms. The first-order valence-electron chi connectivity index (χ1n) is 7.86. The SMILES string of the molecule is CC[C@@H](C)OC(=O)c1[nH]c2c(c1C)C(=O)[C@@H](C(=O)OC)[C@H](C)C2. The van der Waals surface area contributed by atoms with E-state index in [2.05, 4.69) is 4.98 Å². The summed E-state index contributed by atoms with van der Waals surface area (Å²) in [5.41, 5.74) is 1.95. The molecule has 6 heteroatoms. The number of methoxy groups -OCH3 is 1. The van der Waals surface area contributed by atoms with Crippen molar-refractivity contribution in [2.45, 2.75) is 46.6 Å². The molecule has 1 N–H and O–H groups in total. The second-order valence-corrected chi connectivity index (χ2v) is 6.15. The minimum absolute atomic E-state index is 0.182. The average Bonchev–Trinajstić information content (AvgIpc) is 2.83. The van der Waals surface area contributed by atoms with E-state index in [0.29, 0.717) is 35.4 Å². The molecule has 1 aromatic heterocycles. The Morgan fingerprint density at radius 3 is 2.61 bits per heavy atom. The number of esters is 2. The van der Waals surface area contributed by atoms with Crippen LogP contribution in [-0.2, 0) is 20.7 Å². The molecule has 3 atom stereocenters. The molecule has 0 aliphatic heterocycles. The summed E-state index contributed by atoms with van der Waals surface area (Å²) in [7, 11) is 1.27. The van der Waals surface area contributed by atoms with Crippen molar-refractivity contribution in [3.8, 4) is 0 Å². The molecule has 1 aliphatic rings. The number of rotatable bonds is 4. The summed E-state index contributed by atoms with van der Waals surface area (Å²) in [4.78, 5) is 39.9. The van der Waals surface area contributed by atoms with Crippen molar-refractivity contribution in [2.24, 2.45) is 11.8 Å². The fourth-order valence-corrected chi connectivity index (χ4v) is 2.99. The summed E-state index contributed by atoms with van der Waals surface area (Å²) in [5, 5.41) is 0. The zero-order chi connectivity index (χ0) is 17.3. The maximum absolute atomic E-state index is 12.7. The van der Waals surface area contributed by atoms with Crippen LogP contribution in [0.3, 0.4) is 0 Å². The van der Waals surface area contributed by atoms with Gasteiger partial charge in [0, 0.05) is 11.3 Å². The van der Waals surface area contributed by atoms with Crippen LogP contribution in [0.15, 0.2) is 0 Å². The number of fused-ring (bicyclic) bond motifs is 1. The van der Waals surface area contributed by atoms with Gasteiger partial charge in [-0.3, -0.25) is 9.59 Å². The third-order valence-corrected chi connectivity index (χ3v) is 4.49. The molecule has 2 rings (SSSR count). The van der Waals surface area contributed by atoms with Crippen LogP contribution in [-0.4, -0.2) is 35.9 Å². The van der Waals surface area contributed by atoms with Gasteiger partial charge in [0.25, 0.3) is 0 Å². The van der Waals surface area contributed by atoms with Crippen LogP contribution < -0.4 is 0 Å². The monoisotopic (exact) mass is 321 g/mol. The highest BCUT2D eigenvalue weighted by Crippen LogP contribution is 2.34. The van der Waals surface area contributed by atoms with E-state index in [1.807, 2.05) is 20.8 Å². The second-order valence-electron chi connectivity index (χ2n) is 6.15. The lowest BCUT2D eigenvalue weighted by Crippen LogP contribution is -2.36. The highest BCUT2D eigenvalue weighted by molar-refractivity contribution is 6.12. The average molecular weight is 321 g/mol. The van der Waals surface area contributed by atoms with E-state index >= 15 is 0 Å². The summed E-state index contributed by atoms with van der Waals surface area (Å²) in [6.45, 7) is 7.27. The Balaban J connectivity index is 2.38. The fraction of sp³-hybridized carbons (Fsp3) is 0.588. The number of carbonyl (C=O) groups is 3. The van der Waals surface area contributed by atoms with Gasteiger partial charge in [-0.15, -0.1) is 0 Å². The van der Waals surface area contributed by atoms with Crippen LogP contribution in [0, 0.1) is 18.8 Å². The lowest BCUT2D eigenvalue weighted by Gasteiger charge is -2.25. The van der Waals surface area contributed by atoms with Gasteiger partial charge >= 0.3 is 11.9 Å². The van der Waals surface area contributed by atoms with Crippen molar-refractivity contribution in [1.82, 2.24) is 4.98 Å². The van der Waals surface area contributed by atoms with Gasteiger partial charge in [0.05, 0.1) is 13.2 Å². The molecule has 0 saturated carbocycles. The zero-order valence-corrected chi connectivity index (χ0v) is 14.2. The minimum Gasteiger partial charge on any atom is -0.468 e. The van der Waals surface area contributed by atoms with E-state index in [1.54, 1.807) is 6.92 Å². The smallest absolute Gasteiger partial charge is 0.355 e. The molecule has 0 unspecified atom stereocenters. The standard InChI is InChI=1S/C17H23NO5/c1-6-9(3)23-17(21)14-10(4)13-11(18-14)7-8(2)12(15(13)19)16(20)22-5/h8-9,12,18H,6-7H2,1-5H3/t8-,9-,12+/m1/s1. The van der Waals surface area contributed by atoms with Crippen molar-refractivity contribution in [3.63, 3.8) is 0 Å². The number of ketones is 1. The molecular weight excluding hydrogens is 298 g/mol. The van der Waals surface area contributed by atoms with E-state index in [0.717, 1.165) is 0 Å². The van der Waals surface area contributed by atoms with Crippen LogP contribution in [0.1, 0.15) is 59.3 Å². The Morgan fingerprint density at radius 1 is 1.39 bits per heavy atom. The van der Waals surface area contributed by atoms with Crippen molar-refractivity contribution in [1.29, 1.82) is 0 Å². The van der Waals surface area contributed by atoms with E-state index < -0.39 is 17.9 Å². The largest absolute Gasteiger partial charge is 0.468 e. The van der Waals surface area contributed by atoms with Gasteiger partial charge in [-0.1, -0.05) is 13.8 Å². The normalized spacial score (nSPS) is 21.5. The Hall–Kier alpha value is -2.11. The summed E-state index contributed by atoms with van der Waals surface area (Å²) in [5.74, 6) is -2.29. The molecule has 0 radical (unpaired) electrons. The first-order chi connectivity index (χ1) is 10.8. The number of carbonyl (C=O) groups excluding carboxylic acids is 3. The highest BCUT2D eigenvalue weighted by atomic mass is 16.5. The molecule has 0 saturated heterocycles. The van der Waals surface area contributed by atoms with Crippen molar-refractivity contribution in [2.75, 3.05) is 7.11 Å². The number of ether oxygens (including phenoxy) is 2. The molecule has 0 aromatic carbocycles. The first-order valence-corrected chi connectivity index (χ1v) is 7.86. The molecule has 1 aromatic rings. The molecule has 6 nitrogen and oxygen atoms in total. The highest BCUT2D eigenvalue weighted by Gasteiger charge is 2.41. The molecule has 1 heterocycles. The Morgan fingerprint density at radius 2 is 2.04 bits per heavy atom. The number of hydrogen-bond donors (Lipinski definition) is 1. The molecule has 0 fully saturated rings. The van der Waals surface area contributed by atoms with Crippen molar-refractivity contribution >= 4 is 17.7 Å². The Kier molecular flexibility index (Phi) is 4.92. The lowest BCUT2D eigenvalue weighted by atomic mass is 9.77. The summed E-state index contributed by atoms with van der Waals surface area (Å²) in [6, 6.07) is 0. The Labute approximate surface area is 135 Å². The number of hydrogen-bond acceptors (Lipinski definition) is 5. The predicted octanol–water partition coefficient (Wildman–Crippen LogP) is 2.44. The maximum Gasteiger partial charge on any atom is 0.355 e. The summed E-state index contributed by atoms with van der Waals surface area (Å²) < 4.78 is 10.1. The molecule has 126 valence electrons. The third-order valence-electron chi connectivity index (χ3n) is 4.49. The van der Waals surface area contributed by atoms with Crippen LogP contribution in [0.4, 0.5) is 0 Å². The van der Waals surface area contributed by atoms with Crippen LogP contribution in [0.5, 0.6) is 0 Å². The van der Waals surface area contributed by atoms with E-state index in [-0.39, 0.29) is 17.8 Å². The number of H-pyrrole nitrogens is 1. The Bertz CT molecular complexity index is 646. The van der Waals surface area contributed by atoms with Gasteiger partial charge in [-0.2, -0.15) is 0 Å². The van der Waals surface area contributed by atoms with Crippen molar-refractivity contribution < 1.29 is 23.9 Å². The summed E-state index contributed by atoms with van der Waals surface area (Å²) in [6.07, 6.45) is 1.03. The number of nitrogens with one attached hydrogen (secondary N) is 1. The number of aromatic amines is 1. The van der Waals surface area contributed by atoms with Crippen LogP contribution in [0.25, 0.3) is 0 Å². The van der Waals surface area contributed by atoms with Gasteiger partial charge < -0.3 is 14.5 Å². The summed E-state index contributed by atoms with van der Waals surface area (Å²) >= 11 is 0. The quantitative estimate of drug-likeness (QED) is 0.680. The molecule has 23 heavy (non-hydrogen) atoms. The van der Waals surface area contributed by atoms with Gasteiger partial charge in [0.1, 0.15) is 11.6 Å². The van der Waals surface area contributed by atoms with E-state index in [9.17, 15) is 14.4 Å². The predicted molar refractivity (Wildman–Crippen MR) is 83.4 cm³/mol. The molecule has 0 spiro atoms. The number of Topliss-reactive ketones (excluding diaryl/α,β-unsaturated/α-hetero) is 1. The second kappa shape index (κ2) is 6.56. The minimum atomic E-state index is -0.819. The van der Waals surface area contributed by atoms with Gasteiger partial charge in [-0.25, -0.2) is 4.79 Å². The fourth-order valence-electron chi connectivity index (χ4n) is 2.99. The van der Waals surface area contributed by atoms with Crippen LogP contribution >= 0.6 is 0 Å². The van der Waals surface area contributed by atoms with E-state index in [1.165, 1.54) is 7.11 Å². The third kappa shape index (κ3) is 3.02. The van der Waals surface area contributed by atoms with Crippen LogP contribution in [0.2, 0.25) is 0 Å². The topological polar surface area (TPSA) is 85.5 Å². The van der Waals surface area contributed by atoms with Gasteiger partial charge in [0.15, 0.2) is 5.78 Å². The first kappa shape index (κ1) is 17.2.